The molecule has 0 spiro atoms. The molecule has 7 rings (SSSR count). The number of aryl methyl sites for hydroxylation is 1. The Labute approximate surface area is 237 Å². The van der Waals surface area contributed by atoms with Crippen LogP contribution in [-0.4, -0.2) is 29.2 Å². The van der Waals surface area contributed by atoms with E-state index < -0.39 is 11.9 Å². The van der Waals surface area contributed by atoms with Gasteiger partial charge < -0.3 is 23.8 Å². The number of carbonyl (C=O) groups is 2. The van der Waals surface area contributed by atoms with E-state index in [0.717, 1.165) is 54.0 Å². The van der Waals surface area contributed by atoms with Crippen LogP contribution in [0.2, 0.25) is 0 Å². The van der Waals surface area contributed by atoms with E-state index in [1.165, 1.54) is 11.2 Å². The van der Waals surface area contributed by atoms with E-state index >= 15 is 0 Å². The van der Waals surface area contributed by atoms with Crippen LogP contribution in [0.25, 0.3) is 21.8 Å². The predicted octanol–water partition coefficient (Wildman–Crippen LogP) is 6.58. The number of hydrogen-bond donors (Lipinski definition) is 1. The molecule has 1 aliphatic carbocycles. The van der Waals surface area contributed by atoms with Crippen molar-refractivity contribution in [1.29, 1.82) is 0 Å². The highest BCUT2D eigenvalue weighted by atomic mass is 16.7. The number of aromatic nitrogens is 1. The van der Waals surface area contributed by atoms with Crippen molar-refractivity contribution in [2.75, 3.05) is 11.7 Å². The Bertz CT molecular complexity index is 1750. The van der Waals surface area contributed by atoms with Gasteiger partial charge in [-0.2, -0.15) is 0 Å². The largest absolute Gasteiger partial charge is 0.459 e. The smallest absolute Gasteiger partial charge is 0.294 e. The molecule has 8 nitrogen and oxygen atoms in total. The Balaban J connectivity index is 1.42. The minimum absolute atomic E-state index is 0.0769. The summed E-state index contributed by atoms with van der Waals surface area (Å²) in [5.74, 6) is 0.616. The second-order valence-corrected chi connectivity index (χ2v) is 10.6. The molecule has 0 radical (unpaired) electrons. The van der Waals surface area contributed by atoms with Gasteiger partial charge in [0.15, 0.2) is 17.3 Å². The fraction of sp³-hybridized carbons (Fsp3) is 0.273. The van der Waals surface area contributed by atoms with Crippen molar-refractivity contribution in [3.05, 3.63) is 90.4 Å². The van der Waals surface area contributed by atoms with E-state index in [1.807, 2.05) is 18.2 Å². The molecule has 2 aliphatic rings. The van der Waals surface area contributed by atoms with Gasteiger partial charge in [0.1, 0.15) is 6.04 Å². The number of nitrogens with zero attached hydrogens (tertiary/aromatic N) is 2. The van der Waals surface area contributed by atoms with E-state index in [-0.39, 0.29) is 24.5 Å². The van der Waals surface area contributed by atoms with Gasteiger partial charge in [-0.25, -0.2) is 0 Å². The second-order valence-electron chi connectivity index (χ2n) is 10.6. The summed E-state index contributed by atoms with van der Waals surface area (Å²) in [7, 11) is 0. The van der Waals surface area contributed by atoms with Crippen LogP contribution in [0.3, 0.4) is 0 Å². The fourth-order valence-electron chi connectivity index (χ4n) is 6.29. The van der Waals surface area contributed by atoms with E-state index in [9.17, 15) is 9.59 Å². The van der Waals surface area contributed by atoms with Crippen LogP contribution in [0.5, 0.6) is 11.5 Å². The summed E-state index contributed by atoms with van der Waals surface area (Å²) in [5.41, 5.74) is 3.44. The number of amides is 2. The molecule has 1 aliphatic heterocycles. The summed E-state index contributed by atoms with van der Waals surface area (Å²) in [5, 5.41) is 5.40. The van der Waals surface area contributed by atoms with Crippen LogP contribution in [0.15, 0.2) is 83.5 Å². The lowest BCUT2D eigenvalue weighted by Gasteiger charge is -2.32. The van der Waals surface area contributed by atoms with Crippen LogP contribution in [0, 0.1) is 0 Å². The molecule has 3 aromatic carbocycles. The number of furan rings is 1. The van der Waals surface area contributed by atoms with E-state index in [2.05, 4.69) is 41.1 Å². The zero-order chi connectivity index (χ0) is 27.9. The Kier molecular flexibility index (Phi) is 6.38. The third-order valence-electron chi connectivity index (χ3n) is 8.22. The Morgan fingerprint density at radius 2 is 1.73 bits per heavy atom. The molecule has 208 valence electrons. The number of para-hydroxylation sites is 1. The standard InChI is InChI=1S/C33H31N3O5/c1-2-35-26-11-6-5-10-24(26)25-18-21(13-15-27(25)35)31(32(37)34-22-8-3-4-9-22)36(33(38)29-12-7-17-39-29)23-14-16-28-30(19-23)41-20-40-28/h5-7,10-19,22,31H,2-4,8-9,20H2,1H3,(H,34,37)/t31-/m1/s1. The van der Waals surface area contributed by atoms with Gasteiger partial charge in [0.05, 0.1) is 6.26 Å². The van der Waals surface area contributed by atoms with Crippen molar-refractivity contribution in [2.24, 2.45) is 0 Å². The van der Waals surface area contributed by atoms with Crippen molar-refractivity contribution >= 4 is 39.3 Å². The highest BCUT2D eigenvalue weighted by Crippen LogP contribution is 2.40. The van der Waals surface area contributed by atoms with E-state index in [0.29, 0.717) is 22.7 Å². The molecular formula is C33H31N3O5. The maximum atomic E-state index is 14.3. The summed E-state index contributed by atoms with van der Waals surface area (Å²) >= 11 is 0. The fourth-order valence-corrected chi connectivity index (χ4v) is 6.29. The zero-order valence-electron chi connectivity index (χ0n) is 22.8. The number of nitrogens with one attached hydrogen (secondary N) is 1. The number of ether oxygens (including phenoxy) is 2. The maximum Gasteiger partial charge on any atom is 0.294 e. The van der Waals surface area contributed by atoms with Crippen molar-refractivity contribution in [3.63, 3.8) is 0 Å². The molecule has 1 atom stereocenters. The number of fused-ring (bicyclic) bond motifs is 4. The van der Waals surface area contributed by atoms with Gasteiger partial charge in [0.2, 0.25) is 12.7 Å². The zero-order valence-corrected chi connectivity index (χ0v) is 22.8. The first-order chi connectivity index (χ1) is 20.1. The first-order valence-corrected chi connectivity index (χ1v) is 14.2. The lowest BCUT2D eigenvalue weighted by atomic mass is 9.99. The number of anilines is 1. The lowest BCUT2D eigenvalue weighted by molar-refractivity contribution is -0.123. The summed E-state index contributed by atoms with van der Waals surface area (Å²) in [6.45, 7) is 3.05. The Hall–Kier alpha value is -4.72. The van der Waals surface area contributed by atoms with Gasteiger partial charge in [-0.3, -0.25) is 14.5 Å². The SMILES string of the molecule is CCn1c2ccccc2c2cc([C@H](C(=O)NC3CCCC3)N(C(=O)c3ccco3)c3ccc4c(c3)OCO4)ccc21. The van der Waals surface area contributed by atoms with Crippen LogP contribution < -0.4 is 19.7 Å². The number of benzene rings is 3. The number of hydrogen-bond acceptors (Lipinski definition) is 5. The molecule has 1 fully saturated rings. The molecule has 2 aromatic heterocycles. The normalized spacial score (nSPS) is 15.4. The number of carbonyl (C=O) groups excluding carboxylic acids is 2. The van der Waals surface area contributed by atoms with E-state index in [1.54, 1.807) is 30.3 Å². The van der Waals surface area contributed by atoms with Crippen molar-refractivity contribution in [3.8, 4) is 11.5 Å². The minimum atomic E-state index is -0.957. The third-order valence-corrected chi connectivity index (χ3v) is 8.22. The topological polar surface area (TPSA) is 85.9 Å². The third kappa shape index (κ3) is 4.40. The molecule has 0 unspecified atom stereocenters. The first kappa shape index (κ1) is 25.3. The Morgan fingerprint density at radius 1 is 0.927 bits per heavy atom. The molecule has 5 aromatic rings. The second kappa shape index (κ2) is 10.4. The van der Waals surface area contributed by atoms with Crippen LogP contribution in [0.4, 0.5) is 5.69 Å². The average Bonchev–Trinajstić information content (AvgIpc) is 3.82. The lowest BCUT2D eigenvalue weighted by Crippen LogP contribution is -2.46. The van der Waals surface area contributed by atoms with E-state index in [4.69, 9.17) is 13.9 Å². The molecule has 41 heavy (non-hydrogen) atoms. The van der Waals surface area contributed by atoms with Crippen molar-refractivity contribution in [1.82, 2.24) is 9.88 Å². The van der Waals surface area contributed by atoms with Gasteiger partial charge >= 0.3 is 0 Å². The Morgan fingerprint density at radius 3 is 2.54 bits per heavy atom. The maximum absolute atomic E-state index is 14.3. The summed E-state index contributed by atoms with van der Waals surface area (Å²) in [6, 6.07) is 22.1. The molecule has 1 N–H and O–H groups in total. The van der Waals surface area contributed by atoms with Gasteiger partial charge in [-0.1, -0.05) is 37.1 Å². The number of rotatable bonds is 7. The van der Waals surface area contributed by atoms with Gasteiger partial charge in [0, 0.05) is 46.1 Å². The monoisotopic (exact) mass is 549 g/mol. The predicted molar refractivity (Wildman–Crippen MR) is 156 cm³/mol. The highest BCUT2D eigenvalue weighted by molar-refractivity contribution is 6.11. The highest BCUT2D eigenvalue weighted by Gasteiger charge is 2.37. The summed E-state index contributed by atoms with van der Waals surface area (Å²) < 4.78 is 19.0. The first-order valence-electron chi connectivity index (χ1n) is 14.2. The van der Waals surface area contributed by atoms with Crippen LogP contribution in [0.1, 0.15) is 54.8 Å². The molecule has 0 bridgehead atoms. The van der Waals surface area contributed by atoms with Crippen LogP contribution in [-0.2, 0) is 11.3 Å². The average molecular weight is 550 g/mol. The summed E-state index contributed by atoms with van der Waals surface area (Å²) in [6.07, 6.45) is 5.48. The van der Waals surface area contributed by atoms with Gasteiger partial charge in [0.25, 0.3) is 5.91 Å². The van der Waals surface area contributed by atoms with Gasteiger partial charge in [-0.15, -0.1) is 0 Å². The molecule has 2 amide bonds. The van der Waals surface area contributed by atoms with Crippen molar-refractivity contribution < 1.29 is 23.5 Å². The van der Waals surface area contributed by atoms with Crippen molar-refractivity contribution in [2.45, 2.75) is 51.2 Å². The molecule has 1 saturated carbocycles. The molecular weight excluding hydrogens is 518 g/mol. The molecule has 3 heterocycles. The molecule has 0 saturated heterocycles. The quantitative estimate of drug-likeness (QED) is 0.248. The summed E-state index contributed by atoms with van der Waals surface area (Å²) in [4.78, 5) is 30.0. The molecule has 8 heteroatoms. The van der Waals surface area contributed by atoms with Crippen LogP contribution >= 0.6 is 0 Å². The minimum Gasteiger partial charge on any atom is -0.459 e. The van der Waals surface area contributed by atoms with Gasteiger partial charge in [-0.05, 0) is 67.8 Å².